The lowest BCUT2D eigenvalue weighted by atomic mass is 10.0. The first kappa shape index (κ1) is 17.2. The van der Waals surface area contributed by atoms with Crippen LogP contribution in [0, 0.1) is 5.82 Å². The van der Waals surface area contributed by atoms with E-state index < -0.39 is 0 Å². The van der Waals surface area contributed by atoms with Crippen LogP contribution in [0.2, 0.25) is 0 Å². The number of nitrogens with zero attached hydrogens (tertiary/aromatic N) is 1. The number of morpholine rings is 1. The van der Waals surface area contributed by atoms with Crippen LogP contribution in [-0.4, -0.2) is 42.7 Å². The predicted octanol–water partition coefficient (Wildman–Crippen LogP) is 3.47. The number of aromatic nitrogens is 1. The predicted molar refractivity (Wildman–Crippen MR) is 102 cm³/mol. The molecule has 0 radical (unpaired) electrons. The molecule has 4 nitrogen and oxygen atoms in total. The van der Waals surface area contributed by atoms with Crippen LogP contribution in [0.4, 0.5) is 4.39 Å². The van der Waals surface area contributed by atoms with Crippen molar-refractivity contribution in [2.75, 3.05) is 32.8 Å². The van der Waals surface area contributed by atoms with E-state index in [0.29, 0.717) is 0 Å². The summed E-state index contributed by atoms with van der Waals surface area (Å²) in [4.78, 5) is 5.67. The second-order valence-electron chi connectivity index (χ2n) is 6.70. The minimum absolute atomic E-state index is 0.193. The number of ether oxygens (including phenoxy) is 1. The number of benzene rings is 2. The summed E-state index contributed by atoms with van der Waals surface area (Å²) >= 11 is 0. The molecule has 136 valence electrons. The molecule has 2 aromatic carbocycles. The Morgan fingerprint density at radius 2 is 1.88 bits per heavy atom. The van der Waals surface area contributed by atoms with E-state index in [-0.39, 0.29) is 11.9 Å². The summed E-state index contributed by atoms with van der Waals surface area (Å²) in [6.45, 7) is 4.92. The summed E-state index contributed by atoms with van der Waals surface area (Å²) in [6.07, 6.45) is 1.98. The molecule has 1 aliphatic heterocycles. The highest BCUT2D eigenvalue weighted by Crippen LogP contribution is 2.22. The lowest BCUT2D eigenvalue weighted by Crippen LogP contribution is -2.42. The summed E-state index contributed by atoms with van der Waals surface area (Å²) in [7, 11) is 0. The molecular formula is C21H24FN3O. The highest BCUT2D eigenvalue weighted by Gasteiger charge is 2.22. The quantitative estimate of drug-likeness (QED) is 0.713. The Balaban J connectivity index is 1.47. The van der Waals surface area contributed by atoms with E-state index in [1.807, 2.05) is 18.3 Å². The average molecular weight is 353 g/mol. The molecule has 0 amide bonds. The second kappa shape index (κ2) is 7.99. The molecule has 0 aliphatic carbocycles. The fraction of sp³-hybridized carbons (Fsp3) is 0.333. The Bertz CT molecular complexity index is 840. The molecule has 0 bridgehead atoms. The van der Waals surface area contributed by atoms with Crippen LogP contribution in [0.1, 0.15) is 17.2 Å². The van der Waals surface area contributed by atoms with Gasteiger partial charge in [0.25, 0.3) is 0 Å². The van der Waals surface area contributed by atoms with Crippen LogP contribution in [0.3, 0.4) is 0 Å². The number of hydrogen-bond acceptors (Lipinski definition) is 3. The molecule has 0 saturated carbocycles. The maximum absolute atomic E-state index is 13.3. The highest BCUT2D eigenvalue weighted by molar-refractivity contribution is 5.82. The third kappa shape index (κ3) is 3.80. The first-order chi connectivity index (χ1) is 12.8. The molecule has 1 atom stereocenters. The van der Waals surface area contributed by atoms with Crippen LogP contribution in [0.25, 0.3) is 10.9 Å². The summed E-state index contributed by atoms with van der Waals surface area (Å²) in [5, 5.41) is 4.86. The zero-order valence-electron chi connectivity index (χ0n) is 14.7. The first-order valence-corrected chi connectivity index (χ1v) is 9.14. The second-order valence-corrected chi connectivity index (χ2v) is 6.70. The van der Waals surface area contributed by atoms with Gasteiger partial charge in [-0.15, -0.1) is 0 Å². The molecule has 3 aromatic rings. The molecule has 1 fully saturated rings. The number of fused-ring (bicyclic) bond motifs is 1. The number of nitrogens with one attached hydrogen (secondary N) is 2. The van der Waals surface area contributed by atoms with Gasteiger partial charge in [0, 0.05) is 49.3 Å². The third-order valence-corrected chi connectivity index (χ3v) is 5.08. The van der Waals surface area contributed by atoms with Gasteiger partial charge in [0.2, 0.25) is 0 Å². The molecule has 1 aliphatic rings. The molecule has 0 spiro atoms. The highest BCUT2D eigenvalue weighted by atomic mass is 19.1. The third-order valence-electron chi connectivity index (χ3n) is 5.08. The molecular weight excluding hydrogens is 329 g/mol. The van der Waals surface area contributed by atoms with Gasteiger partial charge in [0.05, 0.1) is 13.2 Å². The fourth-order valence-corrected chi connectivity index (χ4v) is 3.68. The summed E-state index contributed by atoms with van der Waals surface area (Å²) in [5.41, 5.74) is 3.58. The van der Waals surface area contributed by atoms with E-state index in [1.165, 1.54) is 10.9 Å². The van der Waals surface area contributed by atoms with E-state index in [9.17, 15) is 4.39 Å². The van der Waals surface area contributed by atoms with Crippen molar-refractivity contribution in [2.24, 2.45) is 0 Å². The van der Waals surface area contributed by atoms with Gasteiger partial charge in [0.1, 0.15) is 5.82 Å². The van der Waals surface area contributed by atoms with Gasteiger partial charge in [-0.25, -0.2) is 4.39 Å². The normalized spacial score (nSPS) is 16.8. The molecule has 1 unspecified atom stereocenters. The number of rotatable bonds is 6. The smallest absolute Gasteiger partial charge is 0.123 e. The van der Waals surface area contributed by atoms with Gasteiger partial charge in [-0.3, -0.25) is 4.90 Å². The lowest BCUT2D eigenvalue weighted by Gasteiger charge is -2.35. The molecule has 1 aromatic heterocycles. The van der Waals surface area contributed by atoms with Gasteiger partial charge < -0.3 is 15.0 Å². The van der Waals surface area contributed by atoms with Crippen molar-refractivity contribution in [1.82, 2.24) is 15.2 Å². The van der Waals surface area contributed by atoms with Crippen LogP contribution < -0.4 is 5.32 Å². The van der Waals surface area contributed by atoms with Gasteiger partial charge >= 0.3 is 0 Å². The summed E-state index contributed by atoms with van der Waals surface area (Å²) in [5.74, 6) is -0.193. The van der Waals surface area contributed by atoms with Crippen molar-refractivity contribution in [3.63, 3.8) is 0 Å². The van der Waals surface area contributed by atoms with Gasteiger partial charge in [0.15, 0.2) is 0 Å². The number of H-pyrrole nitrogens is 1. The van der Waals surface area contributed by atoms with Crippen LogP contribution in [-0.2, 0) is 11.3 Å². The molecule has 1 saturated heterocycles. The van der Waals surface area contributed by atoms with Crippen molar-refractivity contribution in [1.29, 1.82) is 0 Å². The van der Waals surface area contributed by atoms with E-state index >= 15 is 0 Å². The van der Waals surface area contributed by atoms with Crippen molar-refractivity contribution in [3.05, 3.63) is 71.7 Å². The van der Waals surface area contributed by atoms with E-state index in [1.54, 1.807) is 12.1 Å². The Labute approximate surface area is 153 Å². The van der Waals surface area contributed by atoms with Gasteiger partial charge in [-0.1, -0.05) is 24.3 Å². The van der Waals surface area contributed by atoms with Crippen molar-refractivity contribution in [3.8, 4) is 0 Å². The molecule has 26 heavy (non-hydrogen) atoms. The Morgan fingerprint density at radius 1 is 1.08 bits per heavy atom. The zero-order valence-corrected chi connectivity index (χ0v) is 14.7. The molecule has 2 N–H and O–H groups in total. The molecule has 4 rings (SSSR count). The SMILES string of the molecule is Fc1ccc(C(CNCc2cccc3[nH]ccc23)N2CCOCC2)cc1. The number of hydrogen-bond donors (Lipinski definition) is 2. The minimum Gasteiger partial charge on any atom is -0.379 e. The maximum atomic E-state index is 13.3. The number of aromatic amines is 1. The standard InChI is InChI=1S/C21H24FN3O/c22-18-6-4-16(5-7-18)21(25-10-12-26-13-11-25)15-23-14-17-2-1-3-20-19(17)8-9-24-20/h1-9,21,23-24H,10-15H2. The van der Waals surface area contributed by atoms with Crippen LogP contribution >= 0.6 is 0 Å². The van der Waals surface area contributed by atoms with Gasteiger partial charge in [-0.05, 0) is 35.4 Å². The summed E-state index contributed by atoms with van der Waals surface area (Å²) < 4.78 is 18.8. The van der Waals surface area contributed by atoms with Crippen molar-refractivity contribution >= 4 is 10.9 Å². The molecule has 5 heteroatoms. The monoisotopic (exact) mass is 353 g/mol. The van der Waals surface area contributed by atoms with Crippen molar-refractivity contribution < 1.29 is 9.13 Å². The Morgan fingerprint density at radius 3 is 2.69 bits per heavy atom. The number of halogens is 1. The average Bonchev–Trinajstić information content (AvgIpc) is 3.16. The minimum atomic E-state index is -0.193. The largest absolute Gasteiger partial charge is 0.379 e. The topological polar surface area (TPSA) is 40.3 Å². The maximum Gasteiger partial charge on any atom is 0.123 e. The van der Waals surface area contributed by atoms with Crippen LogP contribution in [0.5, 0.6) is 0 Å². The first-order valence-electron chi connectivity index (χ1n) is 9.14. The summed E-state index contributed by atoms with van der Waals surface area (Å²) in [6, 6.07) is 15.5. The van der Waals surface area contributed by atoms with Gasteiger partial charge in [-0.2, -0.15) is 0 Å². The Kier molecular flexibility index (Phi) is 5.29. The molecule has 2 heterocycles. The van der Waals surface area contributed by atoms with Crippen LogP contribution in [0.15, 0.2) is 54.7 Å². The Hall–Kier alpha value is -2.21. The van der Waals surface area contributed by atoms with Crippen molar-refractivity contribution in [2.45, 2.75) is 12.6 Å². The van der Waals surface area contributed by atoms with E-state index in [2.05, 4.69) is 39.5 Å². The zero-order chi connectivity index (χ0) is 17.8. The van der Waals surface area contributed by atoms with E-state index in [0.717, 1.165) is 50.5 Å². The fourth-order valence-electron chi connectivity index (χ4n) is 3.68. The lowest BCUT2D eigenvalue weighted by molar-refractivity contribution is 0.0161. The van der Waals surface area contributed by atoms with E-state index in [4.69, 9.17) is 4.74 Å².